The molecular weight excluding hydrogens is 248 g/mol. The highest BCUT2D eigenvalue weighted by Gasteiger charge is 2.23. The van der Waals surface area contributed by atoms with Crippen molar-refractivity contribution in [2.24, 2.45) is 5.92 Å². The third kappa shape index (κ3) is 2.90. The fourth-order valence-corrected chi connectivity index (χ4v) is 2.48. The smallest absolute Gasteiger partial charge is 0.280 e. The van der Waals surface area contributed by atoms with Gasteiger partial charge in [0, 0.05) is 31.5 Å². The zero-order chi connectivity index (χ0) is 13.8. The Labute approximate surface area is 110 Å². The van der Waals surface area contributed by atoms with Gasteiger partial charge >= 0.3 is 0 Å². The number of nitro groups is 1. The molecule has 2 rings (SSSR count). The van der Waals surface area contributed by atoms with Crippen molar-refractivity contribution in [1.82, 2.24) is 0 Å². The Morgan fingerprint density at radius 3 is 2.95 bits per heavy atom. The monoisotopic (exact) mass is 264 g/mol. The molecule has 6 nitrogen and oxygen atoms in total. The predicted molar refractivity (Wildman–Crippen MR) is 70.5 cm³/mol. The number of carbonyl (C=O) groups is 1. The molecule has 0 amide bonds. The van der Waals surface area contributed by atoms with Crippen LogP contribution in [0.2, 0.25) is 0 Å². The van der Waals surface area contributed by atoms with Gasteiger partial charge in [-0.15, -0.1) is 0 Å². The van der Waals surface area contributed by atoms with Gasteiger partial charge in [-0.1, -0.05) is 0 Å². The van der Waals surface area contributed by atoms with Gasteiger partial charge in [-0.2, -0.15) is 0 Å². The van der Waals surface area contributed by atoms with Crippen LogP contribution in [0, 0.1) is 16.0 Å². The third-order valence-electron chi connectivity index (χ3n) is 3.52. The van der Waals surface area contributed by atoms with Crippen LogP contribution in [0.1, 0.15) is 23.2 Å². The molecule has 1 saturated heterocycles. The second kappa shape index (κ2) is 5.79. The third-order valence-corrected chi connectivity index (χ3v) is 3.52. The first-order chi connectivity index (χ1) is 9.15. The minimum Gasteiger partial charge on any atom is -0.396 e. The Kier molecular flexibility index (Phi) is 4.11. The number of nitro benzene ring substituents is 1. The molecule has 1 heterocycles. The maximum Gasteiger partial charge on any atom is 0.280 e. The van der Waals surface area contributed by atoms with Crippen molar-refractivity contribution in [2.75, 3.05) is 24.6 Å². The lowest BCUT2D eigenvalue weighted by molar-refractivity contribution is -0.385. The average molecular weight is 264 g/mol. The minimum atomic E-state index is -0.550. The molecule has 0 radical (unpaired) electrons. The zero-order valence-electron chi connectivity index (χ0n) is 10.5. The fraction of sp³-hybridized carbons (Fsp3) is 0.462. The number of hydrogen-bond donors (Lipinski definition) is 1. The molecule has 0 saturated carbocycles. The Bertz CT molecular complexity index is 490. The number of aliphatic hydroxyl groups is 1. The van der Waals surface area contributed by atoms with Crippen LogP contribution in [0.15, 0.2) is 18.2 Å². The standard InChI is InChI=1S/C13H16N2O4/c16-6-4-10-3-5-14(8-10)12-1-2-13(15(18)19)11(7-12)9-17/h1-2,7,9-10,16H,3-6,8H2. The highest BCUT2D eigenvalue weighted by atomic mass is 16.6. The number of aliphatic hydroxyl groups excluding tert-OH is 1. The summed E-state index contributed by atoms with van der Waals surface area (Å²) in [5, 5.41) is 19.7. The van der Waals surface area contributed by atoms with E-state index < -0.39 is 4.92 Å². The summed E-state index contributed by atoms with van der Waals surface area (Å²) in [5.74, 6) is 0.444. The molecule has 1 aromatic carbocycles. The largest absolute Gasteiger partial charge is 0.396 e. The summed E-state index contributed by atoms with van der Waals surface area (Å²) in [6, 6.07) is 4.61. The van der Waals surface area contributed by atoms with Crippen molar-refractivity contribution < 1.29 is 14.8 Å². The molecular formula is C13H16N2O4. The predicted octanol–water partition coefficient (Wildman–Crippen LogP) is 1.62. The summed E-state index contributed by atoms with van der Waals surface area (Å²) < 4.78 is 0. The van der Waals surface area contributed by atoms with Gasteiger partial charge in [0.25, 0.3) is 5.69 Å². The van der Waals surface area contributed by atoms with E-state index in [1.165, 1.54) is 6.07 Å². The van der Waals surface area contributed by atoms with E-state index in [4.69, 9.17) is 5.11 Å². The van der Waals surface area contributed by atoms with E-state index in [9.17, 15) is 14.9 Å². The van der Waals surface area contributed by atoms with Crippen LogP contribution in [0.25, 0.3) is 0 Å². The van der Waals surface area contributed by atoms with Gasteiger partial charge < -0.3 is 10.0 Å². The van der Waals surface area contributed by atoms with Crippen molar-refractivity contribution in [3.63, 3.8) is 0 Å². The van der Waals surface area contributed by atoms with Crippen LogP contribution >= 0.6 is 0 Å². The van der Waals surface area contributed by atoms with Gasteiger partial charge in [0.15, 0.2) is 6.29 Å². The number of hydrogen-bond acceptors (Lipinski definition) is 5. The molecule has 1 fully saturated rings. The maximum atomic E-state index is 10.9. The van der Waals surface area contributed by atoms with Crippen molar-refractivity contribution in [3.8, 4) is 0 Å². The molecule has 0 aliphatic carbocycles. The van der Waals surface area contributed by atoms with Crippen LogP contribution in [0.5, 0.6) is 0 Å². The van der Waals surface area contributed by atoms with E-state index in [1.807, 2.05) is 0 Å². The van der Waals surface area contributed by atoms with E-state index in [1.54, 1.807) is 12.1 Å². The van der Waals surface area contributed by atoms with Gasteiger partial charge in [0.1, 0.15) is 0 Å². The number of benzene rings is 1. The summed E-state index contributed by atoms with van der Waals surface area (Å²) in [6.45, 7) is 1.84. The second-order valence-corrected chi connectivity index (χ2v) is 4.73. The molecule has 1 N–H and O–H groups in total. The summed E-state index contributed by atoms with van der Waals surface area (Å²) in [7, 11) is 0. The van der Waals surface area contributed by atoms with Crippen LogP contribution in [0.3, 0.4) is 0 Å². The summed E-state index contributed by atoms with van der Waals surface area (Å²) in [6.07, 6.45) is 2.28. The molecule has 1 unspecified atom stereocenters. The highest BCUT2D eigenvalue weighted by Crippen LogP contribution is 2.29. The van der Waals surface area contributed by atoms with E-state index in [0.717, 1.165) is 31.6 Å². The van der Waals surface area contributed by atoms with Gasteiger partial charge in [0.05, 0.1) is 10.5 Å². The van der Waals surface area contributed by atoms with Crippen LogP contribution in [0.4, 0.5) is 11.4 Å². The lowest BCUT2D eigenvalue weighted by Gasteiger charge is -2.18. The molecule has 1 aliphatic heterocycles. The first-order valence-electron chi connectivity index (χ1n) is 6.25. The maximum absolute atomic E-state index is 10.9. The van der Waals surface area contributed by atoms with Gasteiger partial charge in [-0.3, -0.25) is 14.9 Å². The van der Waals surface area contributed by atoms with Gasteiger partial charge in [0.2, 0.25) is 0 Å². The van der Waals surface area contributed by atoms with Gasteiger partial charge in [-0.25, -0.2) is 0 Å². The summed E-state index contributed by atoms with van der Waals surface area (Å²) >= 11 is 0. The number of aldehydes is 1. The molecule has 0 aromatic heterocycles. The number of nitrogens with zero attached hydrogens (tertiary/aromatic N) is 2. The minimum absolute atomic E-state index is 0.105. The molecule has 0 spiro atoms. The Balaban J connectivity index is 2.18. The normalized spacial score (nSPS) is 18.6. The average Bonchev–Trinajstić information content (AvgIpc) is 2.87. The lowest BCUT2D eigenvalue weighted by Crippen LogP contribution is -2.20. The van der Waals surface area contributed by atoms with Crippen molar-refractivity contribution in [1.29, 1.82) is 0 Å². The van der Waals surface area contributed by atoms with Crippen LogP contribution < -0.4 is 4.90 Å². The van der Waals surface area contributed by atoms with E-state index in [0.29, 0.717) is 12.2 Å². The Morgan fingerprint density at radius 2 is 2.32 bits per heavy atom. The molecule has 102 valence electrons. The highest BCUT2D eigenvalue weighted by molar-refractivity contribution is 5.83. The zero-order valence-corrected chi connectivity index (χ0v) is 10.5. The van der Waals surface area contributed by atoms with Crippen molar-refractivity contribution in [3.05, 3.63) is 33.9 Å². The quantitative estimate of drug-likeness (QED) is 0.496. The SMILES string of the molecule is O=Cc1cc(N2CCC(CCO)C2)ccc1[N+](=O)[O-]. The molecule has 1 aromatic rings. The lowest BCUT2D eigenvalue weighted by atomic mass is 10.1. The Hall–Kier alpha value is -1.95. The first kappa shape index (κ1) is 13.5. The Morgan fingerprint density at radius 1 is 1.53 bits per heavy atom. The summed E-state index contributed by atoms with van der Waals surface area (Å²) in [4.78, 5) is 23.2. The van der Waals surface area contributed by atoms with E-state index >= 15 is 0 Å². The van der Waals surface area contributed by atoms with Gasteiger partial charge in [-0.05, 0) is 30.9 Å². The first-order valence-corrected chi connectivity index (χ1v) is 6.25. The molecule has 6 heteroatoms. The summed E-state index contributed by atoms with van der Waals surface area (Å²) in [5.41, 5.74) is 0.770. The topological polar surface area (TPSA) is 83.7 Å². The molecule has 19 heavy (non-hydrogen) atoms. The van der Waals surface area contributed by atoms with Crippen LogP contribution in [-0.4, -0.2) is 36.0 Å². The number of anilines is 1. The molecule has 1 aliphatic rings. The number of rotatable bonds is 5. The fourth-order valence-electron chi connectivity index (χ4n) is 2.48. The van der Waals surface area contributed by atoms with Crippen molar-refractivity contribution in [2.45, 2.75) is 12.8 Å². The second-order valence-electron chi connectivity index (χ2n) is 4.73. The van der Waals surface area contributed by atoms with Crippen molar-refractivity contribution >= 4 is 17.7 Å². The number of carbonyl (C=O) groups excluding carboxylic acids is 1. The molecule has 0 bridgehead atoms. The van der Waals surface area contributed by atoms with E-state index in [-0.39, 0.29) is 17.9 Å². The van der Waals surface area contributed by atoms with E-state index in [2.05, 4.69) is 4.90 Å². The van der Waals surface area contributed by atoms with Crippen LogP contribution in [-0.2, 0) is 0 Å². The molecule has 1 atom stereocenters.